The Balaban J connectivity index is 1.99. The molecule has 0 radical (unpaired) electrons. The monoisotopic (exact) mass is 351 g/mol. The number of hydrogen-bond acceptors (Lipinski definition) is 7. The summed E-state index contributed by atoms with van der Waals surface area (Å²) in [6.07, 6.45) is 6.72. The molecular weight excluding hydrogens is 338 g/mol. The van der Waals surface area contributed by atoms with Gasteiger partial charge >= 0.3 is 6.01 Å². The van der Waals surface area contributed by atoms with Crippen molar-refractivity contribution < 1.29 is 4.74 Å². The Kier molecular flexibility index (Phi) is 3.73. The van der Waals surface area contributed by atoms with Crippen molar-refractivity contribution in [2.24, 2.45) is 7.05 Å². The number of rotatable bonds is 3. The molecule has 0 amide bonds. The highest BCUT2D eigenvalue weighted by Gasteiger charge is 2.18. The van der Waals surface area contributed by atoms with E-state index in [1.54, 1.807) is 31.8 Å². The van der Waals surface area contributed by atoms with E-state index in [1.807, 2.05) is 17.5 Å². The Labute approximate surface area is 146 Å². The second kappa shape index (κ2) is 6.06. The van der Waals surface area contributed by atoms with Crippen molar-refractivity contribution in [3.63, 3.8) is 0 Å². The number of nitrogens with zero attached hydrogens (tertiary/aromatic N) is 5. The number of fused-ring (bicyclic) bond motifs is 1. The molecule has 0 unspecified atom stereocenters. The van der Waals surface area contributed by atoms with Gasteiger partial charge in [-0.05, 0) is 12.1 Å². The number of methoxy groups -OCH3 is 1. The first-order valence-electron chi connectivity index (χ1n) is 7.44. The molecule has 4 aromatic heterocycles. The van der Waals surface area contributed by atoms with Crippen LogP contribution in [0.15, 0.2) is 47.1 Å². The number of ether oxygens (including phenoxy) is 1. The highest BCUT2D eigenvalue weighted by atomic mass is 32.1. The predicted molar refractivity (Wildman–Crippen MR) is 95.7 cm³/mol. The van der Waals surface area contributed by atoms with E-state index < -0.39 is 0 Å². The van der Waals surface area contributed by atoms with Gasteiger partial charge in [-0.2, -0.15) is 5.10 Å². The van der Waals surface area contributed by atoms with Gasteiger partial charge in [-0.25, -0.2) is 14.6 Å². The fourth-order valence-corrected chi connectivity index (χ4v) is 3.69. The van der Waals surface area contributed by atoms with E-state index in [-0.39, 0.29) is 11.6 Å². The number of thiophene rings is 1. The first kappa shape index (κ1) is 15.4. The van der Waals surface area contributed by atoms with Crippen LogP contribution >= 0.6 is 11.3 Å². The zero-order chi connectivity index (χ0) is 17.4. The minimum atomic E-state index is -0.153. The van der Waals surface area contributed by atoms with Gasteiger partial charge in [0.05, 0.1) is 17.2 Å². The van der Waals surface area contributed by atoms with E-state index in [0.29, 0.717) is 5.39 Å². The smallest absolute Gasteiger partial charge is 0.316 e. The number of pyridine rings is 1. The van der Waals surface area contributed by atoms with Crippen molar-refractivity contribution in [2.45, 2.75) is 0 Å². The zero-order valence-corrected chi connectivity index (χ0v) is 14.3. The third-order valence-electron chi connectivity index (χ3n) is 3.84. The summed E-state index contributed by atoms with van der Waals surface area (Å²) >= 11 is 1.48. The van der Waals surface area contributed by atoms with Gasteiger partial charge in [0.25, 0.3) is 5.56 Å². The van der Waals surface area contributed by atoms with Gasteiger partial charge in [0, 0.05) is 53.9 Å². The molecule has 0 spiro atoms. The van der Waals surface area contributed by atoms with Gasteiger partial charge < -0.3 is 4.74 Å². The van der Waals surface area contributed by atoms with Crippen molar-refractivity contribution in [2.75, 3.05) is 7.11 Å². The van der Waals surface area contributed by atoms with E-state index >= 15 is 0 Å². The number of aryl methyl sites for hydroxylation is 1. The fourth-order valence-electron chi connectivity index (χ4n) is 2.62. The molecular formula is C17H13N5O2S. The zero-order valence-electron chi connectivity index (χ0n) is 13.5. The Morgan fingerprint density at radius 1 is 1.12 bits per heavy atom. The molecule has 0 fully saturated rings. The molecule has 124 valence electrons. The molecule has 25 heavy (non-hydrogen) atoms. The first-order valence-corrected chi connectivity index (χ1v) is 8.32. The van der Waals surface area contributed by atoms with Crippen molar-refractivity contribution in [3.05, 3.63) is 52.7 Å². The molecule has 0 atom stereocenters. The van der Waals surface area contributed by atoms with Crippen molar-refractivity contribution >= 4 is 21.4 Å². The topological polar surface area (TPSA) is 82.8 Å². The van der Waals surface area contributed by atoms with Crippen LogP contribution in [0.1, 0.15) is 0 Å². The number of hydrogen-bond donors (Lipinski definition) is 0. The minimum absolute atomic E-state index is 0.153. The largest absolute Gasteiger partial charge is 0.467 e. The molecule has 0 saturated heterocycles. The van der Waals surface area contributed by atoms with Gasteiger partial charge in [-0.1, -0.05) is 0 Å². The molecule has 0 aliphatic carbocycles. The van der Waals surface area contributed by atoms with Gasteiger partial charge in [0.1, 0.15) is 5.69 Å². The molecule has 0 bridgehead atoms. The maximum atomic E-state index is 12.7. The molecule has 0 aromatic carbocycles. The summed E-state index contributed by atoms with van der Waals surface area (Å²) in [4.78, 5) is 25.0. The highest BCUT2D eigenvalue weighted by molar-refractivity contribution is 7.18. The van der Waals surface area contributed by atoms with Crippen LogP contribution in [0.3, 0.4) is 0 Å². The summed E-state index contributed by atoms with van der Waals surface area (Å²) in [5.74, 6) is 0. The Bertz CT molecular complexity index is 1100. The summed E-state index contributed by atoms with van der Waals surface area (Å²) in [5, 5.41) is 6.99. The molecule has 0 saturated carbocycles. The van der Waals surface area contributed by atoms with Crippen molar-refractivity contribution in [1.29, 1.82) is 0 Å². The van der Waals surface area contributed by atoms with Gasteiger partial charge in [-0.3, -0.25) is 9.78 Å². The maximum absolute atomic E-state index is 12.7. The van der Waals surface area contributed by atoms with Crippen LogP contribution < -0.4 is 10.3 Å². The SMILES string of the molecule is COc1ncc(-c2csc3c(-c4ccncc4)nn(C)c(=O)c23)cn1. The van der Waals surface area contributed by atoms with Gasteiger partial charge in [0.2, 0.25) is 0 Å². The van der Waals surface area contributed by atoms with E-state index in [4.69, 9.17) is 4.74 Å². The summed E-state index contributed by atoms with van der Waals surface area (Å²) in [6, 6.07) is 4.04. The van der Waals surface area contributed by atoms with E-state index in [1.165, 1.54) is 23.1 Å². The van der Waals surface area contributed by atoms with E-state index in [9.17, 15) is 4.79 Å². The molecule has 4 rings (SSSR count). The lowest BCUT2D eigenvalue weighted by atomic mass is 10.1. The van der Waals surface area contributed by atoms with Crippen LogP contribution in [0.4, 0.5) is 0 Å². The van der Waals surface area contributed by atoms with E-state index in [2.05, 4.69) is 20.1 Å². The lowest BCUT2D eigenvalue weighted by molar-refractivity contribution is 0.380. The van der Waals surface area contributed by atoms with Crippen LogP contribution in [0.2, 0.25) is 0 Å². The Hall–Kier alpha value is -3.13. The molecule has 0 aliphatic heterocycles. The lowest BCUT2D eigenvalue weighted by Gasteiger charge is -2.06. The average molecular weight is 351 g/mol. The highest BCUT2D eigenvalue weighted by Crippen LogP contribution is 2.36. The van der Waals surface area contributed by atoms with Gasteiger partial charge in [-0.15, -0.1) is 11.3 Å². The minimum Gasteiger partial charge on any atom is -0.467 e. The molecule has 4 heterocycles. The normalized spacial score (nSPS) is 11.0. The van der Waals surface area contributed by atoms with Crippen molar-refractivity contribution in [3.8, 4) is 28.4 Å². The summed E-state index contributed by atoms with van der Waals surface area (Å²) in [6.45, 7) is 0. The van der Waals surface area contributed by atoms with E-state index in [0.717, 1.165) is 27.1 Å². The summed E-state index contributed by atoms with van der Waals surface area (Å²) in [5.41, 5.74) is 3.07. The third-order valence-corrected chi connectivity index (χ3v) is 4.83. The van der Waals surface area contributed by atoms with Gasteiger partial charge in [0.15, 0.2) is 0 Å². The van der Waals surface area contributed by atoms with Crippen LogP contribution in [0, 0.1) is 0 Å². The second-order valence-corrected chi connectivity index (χ2v) is 6.20. The third kappa shape index (κ3) is 2.56. The summed E-state index contributed by atoms with van der Waals surface area (Å²) < 4.78 is 7.19. The standard InChI is InChI=1S/C17H13N5O2S/c1-22-16(23)13-12(11-7-19-17(24-2)20-8-11)9-25-15(13)14(21-22)10-3-5-18-6-4-10/h3-9H,1-2H3. The van der Waals surface area contributed by atoms with Crippen LogP contribution in [-0.2, 0) is 7.05 Å². The van der Waals surface area contributed by atoms with Crippen LogP contribution in [-0.4, -0.2) is 31.8 Å². The predicted octanol–water partition coefficient (Wildman–Crippen LogP) is 2.52. The quantitative estimate of drug-likeness (QED) is 0.564. The fraction of sp³-hybridized carbons (Fsp3) is 0.118. The first-order chi connectivity index (χ1) is 12.2. The summed E-state index contributed by atoms with van der Waals surface area (Å²) in [7, 11) is 3.16. The maximum Gasteiger partial charge on any atom is 0.316 e. The van der Waals surface area contributed by atoms with Crippen LogP contribution in [0.5, 0.6) is 6.01 Å². The Morgan fingerprint density at radius 3 is 2.52 bits per heavy atom. The average Bonchev–Trinajstić information content (AvgIpc) is 3.11. The van der Waals surface area contributed by atoms with Crippen LogP contribution in [0.25, 0.3) is 32.5 Å². The molecule has 8 heteroatoms. The molecule has 7 nitrogen and oxygen atoms in total. The second-order valence-electron chi connectivity index (χ2n) is 5.33. The number of aromatic nitrogens is 5. The molecule has 0 aliphatic rings. The Morgan fingerprint density at radius 2 is 1.84 bits per heavy atom. The lowest BCUT2D eigenvalue weighted by Crippen LogP contribution is -2.20. The molecule has 4 aromatic rings. The van der Waals surface area contributed by atoms with Crippen molar-refractivity contribution in [1.82, 2.24) is 24.7 Å². The molecule has 0 N–H and O–H groups in total.